The molecule has 3 rings (SSSR count). The Bertz CT molecular complexity index is 1020. The molecule has 9 heteroatoms. The van der Waals surface area contributed by atoms with Crippen LogP contribution in [0.15, 0.2) is 34.8 Å². The summed E-state index contributed by atoms with van der Waals surface area (Å²) in [5.41, 5.74) is 4.49. The summed E-state index contributed by atoms with van der Waals surface area (Å²) in [5, 5.41) is 12.6. The molecule has 0 saturated carbocycles. The molecule has 0 fully saturated rings. The number of nitrogens with two attached hydrogens (primary N) is 1. The number of aromatic nitrogens is 2. The molecule has 3 aromatic rings. The summed E-state index contributed by atoms with van der Waals surface area (Å²) < 4.78 is 54.4. The van der Waals surface area contributed by atoms with Crippen molar-refractivity contribution in [1.29, 1.82) is 0 Å². The summed E-state index contributed by atoms with van der Waals surface area (Å²) in [5.74, 6) is -1.03. The Labute approximate surface area is 160 Å². The lowest BCUT2D eigenvalue weighted by atomic mass is 10.0. The zero-order valence-electron chi connectivity index (χ0n) is 14.3. The van der Waals surface area contributed by atoms with E-state index in [-0.39, 0.29) is 11.3 Å². The fourth-order valence-electron chi connectivity index (χ4n) is 2.84. The van der Waals surface area contributed by atoms with E-state index in [2.05, 4.69) is 31.4 Å². The molecular weight excluding hydrogens is 428 g/mol. The van der Waals surface area contributed by atoms with Gasteiger partial charge in [-0.15, -0.1) is 5.10 Å². The molecule has 0 aliphatic carbocycles. The van der Waals surface area contributed by atoms with Crippen molar-refractivity contribution in [2.45, 2.75) is 26.1 Å². The van der Waals surface area contributed by atoms with Crippen LogP contribution in [0.1, 0.15) is 29.8 Å². The third kappa shape index (κ3) is 3.83. The average Bonchev–Trinajstić information content (AvgIpc) is 2.58. The van der Waals surface area contributed by atoms with Crippen molar-refractivity contribution in [2.24, 2.45) is 0 Å². The van der Waals surface area contributed by atoms with Gasteiger partial charge in [0, 0.05) is 26.5 Å². The van der Waals surface area contributed by atoms with E-state index in [9.17, 15) is 17.6 Å². The molecule has 0 unspecified atom stereocenters. The monoisotopic (exact) mass is 442 g/mol. The van der Waals surface area contributed by atoms with Crippen molar-refractivity contribution in [3.8, 4) is 0 Å². The molecule has 142 valence electrons. The summed E-state index contributed by atoms with van der Waals surface area (Å²) in [6.07, 6.45) is -4.84. The number of nitrogen functional groups attached to an aromatic ring is 1. The van der Waals surface area contributed by atoms with Gasteiger partial charge in [-0.2, -0.15) is 18.3 Å². The minimum Gasteiger partial charge on any atom is -0.399 e. The molecule has 1 heterocycles. The maximum atomic E-state index is 14.5. The largest absolute Gasteiger partial charge is 0.419 e. The highest BCUT2D eigenvalue weighted by atomic mass is 79.9. The Morgan fingerprint density at radius 2 is 1.81 bits per heavy atom. The summed E-state index contributed by atoms with van der Waals surface area (Å²) in [6.45, 7) is 3.33. The quantitative estimate of drug-likeness (QED) is 0.408. The Hall–Kier alpha value is -2.42. The first-order valence-corrected chi connectivity index (χ1v) is 8.72. The first-order chi connectivity index (χ1) is 12.6. The second-order valence-electron chi connectivity index (χ2n) is 6.16. The molecule has 0 aliphatic heterocycles. The number of rotatable bonds is 3. The van der Waals surface area contributed by atoms with Crippen LogP contribution in [0.3, 0.4) is 0 Å². The molecule has 27 heavy (non-hydrogen) atoms. The molecule has 0 saturated heterocycles. The highest BCUT2D eigenvalue weighted by Crippen LogP contribution is 2.37. The van der Waals surface area contributed by atoms with Crippen molar-refractivity contribution in [2.75, 3.05) is 11.1 Å². The topological polar surface area (TPSA) is 63.8 Å². The van der Waals surface area contributed by atoms with Gasteiger partial charge in [0.25, 0.3) is 0 Å². The van der Waals surface area contributed by atoms with Gasteiger partial charge in [-0.3, -0.25) is 0 Å². The maximum Gasteiger partial charge on any atom is 0.419 e. The molecule has 0 spiro atoms. The molecule has 0 amide bonds. The predicted molar refractivity (Wildman–Crippen MR) is 99.8 cm³/mol. The van der Waals surface area contributed by atoms with Gasteiger partial charge in [-0.25, -0.2) is 4.39 Å². The summed E-state index contributed by atoms with van der Waals surface area (Å²) in [7, 11) is 0. The van der Waals surface area contributed by atoms with Gasteiger partial charge < -0.3 is 11.1 Å². The van der Waals surface area contributed by atoms with Crippen LogP contribution in [0.2, 0.25) is 0 Å². The first kappa shape index (κ1) is 19.3. The third-order valence-corrected chi connectivity index (χ3v) is 4.67. The molecule has 1 aromatic heterocycles. The van der Waals surface area contributed by atoms with E-state index in [1.165, 1.54) is 13.0 Å². The molecule has 0 bridgehead atoms. The van der Waals surface area contributed by atoms with Crippen molar-refractivity contribution in [3.63, 3.8) is 0 Å². The second kappa shape index (κ2) is 6.95. The van der Waals surface area contributed by atoms with Gasteiger partial charge in [0.2, 0.25) is 0 Å². The zero-order chi connectivity index (χ0) is 19.9. The molecule has 0 radical (unpaired) electrons. The van der Waals surface area contributed by atoms with Crippen LogP contribution in [-0.2, 0) is 6.18 Å². The van der Waals surface area contributed by atoms with Crippen molar-refractivity contribution >= 4 is 38.2 Å². The van der Waals surface area contributed by atoms with Crippen LogP contribution in [0.4, 0.5) is 29.1 Å². The van der Waals surface area contributed by atoms with Gasteiger partial charge in [-0.05, 0) is 38.1 Å². The highest BCUT2D eigenvalue weighted by Gasteiger charge is 2.36. The second-order valence-corrected chi connectivity index (χ2v) is 7.08. The Balaban J connectivity index is 2.06. The van der Waals surface area contributed by atoms with Gasteiger partial charge >= 0.3 is 6.18 Å². The SMILES string of the molecule is Cc1nnc(N[C@H](C)c2cc(N)cc(C(F)(F)F)c2F)c2cc(Br)ccc12. The number of hydrogen-bond acceptors (Lipinski definition) is 4. The minimum atomic E-state index is -4.84. The maximum absolute atomic E-state index is 14.5. The van der Waals surface area contributed by atoms with E-state index in [0.717, 1.165) is 9.86 Å². The van der Waals surface area contributed by atoms with Crippen LogP contribution in [0, 0.1) is 12.7 Å². The molecule has 2 aromatic carbocycles. The highest BCUT2D eigenvalue weighted by molar-refractivity contribution is 9.10. The average molecular weight is 443 g/mol. The molecule has 3 N–H and O–H groups in total. The Morgan fingerprint density at radius 1 is 1.11 bits per heavy atom. The molecule has 1 atom stereocenters. The van der Waals surface area contributed by atoms with Gasteiger partial charge in [0.15, 0.2) is 5.82 Å². The Morgan fingerprint density at radius 3 is 2.48 bits per heavy atom. The van der Waals surface area contributed by atoms with Crippen molar-refractivity contribution < 1.29 is 17.6 Å². The zero-order valence-corrected chi connectivity index (χ0v) is 15.9. The molecular formula is C18H15BrF4N4. The van der Waals surface area contributed by atoms with E-state index >= 15 is 0 Å². The van der Waals surface area contributed by atoms with Crippen LogP contribution in [0.5, 0.6) is 0 Å². The summed E-state index contributed by atoms with van der Waals surface area (Å²) in [6, 6.07) is 6.45. The van der Waals surface area contributed by atoms with Gasteiger partial charge in [0.05, 0.1) is 17.3 Å². The number of fused-ring (bicyclic) bond motifs is 1. The number of nitrogens with zero attached hydrogens (tertiary/aromatic N) is 2. The standard InChI is InChI=1S/C18H15BrF4N4/c1-8(13-6-11(24)7-15(16(13)20)18(21,22)23)25-17-14-5-10(19)3-4-12(14)9(2)26-27-17/h3-8H,24H2,1-2H3,(H,25,27)/t8-/m1/s1. The first-order valence-electron chi connectivity index (χ1n) is 7.93. The Kier molecular flexibility index (Phi) is 4.98. The number of aryl methyl sites for hydroxylation is 1. The van der Waals surface area contributed by atoms with Gasteiger partial charge in [0.1, 0.15) is 5.82 Å². The molecule has 0 aliphatic rings. The predicted octanol–water partition coefficient (Wildman–Crippen LogP) is 5.61. The van der Waals surface area contributed by atoms with E-state index in [1.54, 1.807) is 6.92 Å². The number of benzene rings is 2. The number of hydrogen-bond donors (Lipinski definition) is 2. The number of halogens is 5. The van der Waals surface area contributed by atoms with Crippen LogP contribution in [0.25, 0.3) is 10.8 Å². The minimum absolute atomic E-state index is 0.171. The lowest BCUT2D eigenvalue weighted by Crippen LogP contribution is -2.16. The number of nitrogens with one attached hydrogen (secondary N) is 1. The number of anilines is 2. The lowest BCUT2D eigenvalue weighted by molar-refractivity contribution is -0.140. The van der Waals surface area contributed by atoms with Crippen molar-refractivity contribution in [3.05, 3.63) is 57.4 Å². The normalized spacial score (nSPS) is 13.0. The van der Waals surface area contributed by atoms with E-state index < -0.39 is 23.6 Å². The smallest absolute Gasteiger partial charge is 0.399 e. The van der Waals surface area contributed by atoms with E-state index in [4.69, 9.17) is 5.73 Å². The van der Waals surface area contributed by atoms with Gasteiger partial charge in [-0.1, -0.05) is 22.0 Å². The van der Waals surface area contributed by atoms with E-state index in [1.807, 2.05) is 18.2 Å². The number of alkyl halides is 3. The fourth-order valence-corrected chi connectivity index (χ4v) is 3.20. The van der Waals surface area contributed by atoms with Crippen molar-refractivity contribution in [1.82, 2.24) is 10.2 Å². The fraction of sp³-hybridized carbons (Fsp3) is 0.222. The molecule has 4 nitrogen and oxygen atoms in total. The third-order valence-electron chi connectivity index (χ3n) is 4.17. The van der Waals surface area contributed by atoms with Crippen LogP contribution in [-0.4, -0.2) is 10.2 Å². The van der Waals surface area contributed by atoms with E-state index in [0.29, 0.717) is 23.0 Å². The lowest BCUT2D eigenvalue weighted by Gasteiger charge is -2.20. The van der Waals surface area contributed by atoms with Crippen LogP contribution < -0.4 is 11.1 Å². The summed E-state index contributed by atoms with van der Waals surface area (Å²) in [4.78, 5) is 0. The van der Waals surface area contributed by atoms with Crippen LogP contribution >= 0.6 is 15.9 Å². The summed E-state index contributed by atoms with van der Waals surface area (Å²) >= 11 is 3.38.